The Morgan fingerprint density at radius 3 is 2.12 bits per heavy atom. The second-order valence-corrected chi connectivity index (χ2v) is 17.1. The molecule has 0 radical (unpaired) electrons. The normalized spacial score (nSPS) is 21.1. The van der Waals surface area contributed by atoms with E-state index in [1.807, 2.05) is 62.9 Å². The van der Waals surface area contributed by atoms with Crippen LogP contribution >= 0.6 is 11.6 Å². The molecule has 6 unspecified atom stereocenters. The van der Waals surface area contributed by atoms with Crippen LogP contribution in [0, 0.1) is 17.8 Å². The number of benzene rings is 3. The Morgan fingerprint density at radius 2 is 1.44 bits per heavy atom. The topological polar surface area (TPSA) is 175 Å². The Hall–Kier alpha value is -5.63. The van der Waals surface area contributed by atoms with Gasteiger partial charge in [0.2, 0.25) is 11.8 Å². The molecule has 14 nitrogen and oxygen atoms in total. The second kappa shape index (κ2) is 16.2. The number of amides is 4. The maximum absolute atomic E-state index is 14.1. The monoisotopic (exact) mass is 822 g/mol. The van der Waals surface area contributed by atoms with E-state index in [1.54, 1.807) is 4.90 Å². The third kappa shape index (κ3) is 7.47. The molecule has 6 atom stereocenters. The van der Waals surface area contributed by atoms with Gasteiger partial charge in [-0.25, -0.2) is 19.6 Å². The number of alkyl carbamates (subject to hydrolysis) is 2. The van der Waals surface area contributed by atoms with E-state index >= 15 is 0 Å². The number of aromatic amines is 2. The number of hydrogen-bond donors (Lipinski definition) is 4. The number of nitrogens with one attached hydrogen (secondary N) is 4. The number of aromatic nitrogens is 4. The fourth-order valence-corrected chi connectivity index (χ4v) is 9.64. The van der Waals surface area contributed by atoms with Crippen molar-refractivity contribution >= 4 is 57.4 Å². The molecule has 3 aromatic carbocycles. The number of hydrogen-bond acceptors (Lipinski definition) is 8. The number of carbonyl (C=O) groups excluding carboxylic acids is 4. The molecule has 2 saturated heterocycles. The molecule has 5 aromatic rings. The van der Waals surface area contributed by atoms with Crippen LogP contribution in [-0.4, -0.2) is 92.6 Å². The van der Waals surface area contributed by atoms with Crippen molar-refractivity contribution in [1.29, 1.82) is 0 Å². The zero-order valence-electron chi connectivity index (χ0n) is 34.2. The fraction of sp³-hybridized carbons (Fsp3) is 0.455. The second-order valence-electron chi connectivity index (χ2n) is 16.7. The van der Waals surface area contributed by atoms with Gasteiger partial charge in [0.05, 0.1) is 37.3 Å². The van der Waals surface area contributed by atoms with Crippen LogP contribution in [0.4, 0.5) is 9.59 Å². The third-order valence-corrected chi connectivity index (χ3v) is 12.7. The lowest BCUT2D eigenvalue weighted by Crippen LogP contribution is -2.54. The lowest BCUT2D eigenvalue weighted by Gasteiger charge is -2.37. The first-order valence-electron chi connectivity index (χ1n) is 20.5. The summed E-state index contributed by atoms with van der Waals surface area (Å²) in [7, 11) is 2.59. The van der Waals surface area contributed by atoms with Gasteiger partial charge < -0.3 is 39.9 Å². The fourth-order valence-electron chi connectivity index (χ4n) is 9.39. The van der Waals surface area contributed by atoms with E-state index in [0.29, 0.717) is 29.1 Å². The smallest absolute Gasteiger partial charge is 0.407 e. The zero-order chi connectivity index (χ0) is 41.7. The lowest BCUT2D eigenvalue weighted by molar-refractivity contribution is -0.139. The van der Waals surface area contributed by atoms with Gasteiger partial charge >= 0.3 is 12.2 Å². The van der Waals surface area contributed by atoms with Crippen LogP contribution in [0.1, 0.15) is 83.5 Å². The lowest BCUT2D eigenvalue weighted by atomic mass is 9.95. The van der Waals surface area contributed by atoms with Crippen LogP contribution in [0.2, 0.25) is 5.15 Å². The van der Waals surface area contributed by atoms with Gasteiger partial charge in [-0.3, -0.25) is 9.59 Å². The molecule has 2 aliphatic heterocycles. The van der Waals surface area contributed by atoms with Gasteiger partial charge in [0.25, 0.3) is 0 Å². The van der Waals surface area contributed by atoms with E-state index in [2.05, 4.69) is 44.9 Å². The van der Waals surface area contributed by atoms with Crippen LogP contribution in [0.15, 0.2) is 54.6 Å². The molecular weight excluding hydrogens is 772 g/mol. The van der Waals surface area contributed by atoms with E-state index in [9.17, 15) is 19.2 Å². The van der Waals surface area contributed by atoms with Gasteiger partial charge in [0, 0.05) is 23.5 Å². The summed E-state index contributed by atoms with van der Waals surface area (Å²) in [5, 5.41) is 7.90. The number of likely N-dealkylation sites (tertiary alicyclic amines) is 2. The molecule has 1 aliphatic carbocycles. The molecule has 59 heavy (non-hydrogen) atoms. The summed E-state index contributed by atoms with van der Waals surface area (Å²) in [5.74, 6) is 1.15. The summed E-state index contributed by atoms with van der Waals surface area (Å²) < 4.78 is 9.61. The number of imidazole rings is 2. The van der Waals surface area contributed by atoms with Crippen molar-refractivity contribution in [1.82, 2.24) is 40.4 Å². The third-order valence-electron chi connectivity index (χ3n) is 12.4. The number of piperidine rings is 1. The minimum absolute atomic E-state index is 0.0999. The Balaban J connectivity index is 1.02. The largest absolute Gasteiger partial charge is 0.453 e. The van der Waals surface area contributed by atoms with Crippen LogP contribution in [0.25, 0.3) is 44.2 Å². The Kier molecular flexibility index (Phi) is 11.0. The summed E-state index contributed by atoms with van der Waals surface area (Å²) >= 11 is 6.75. The van der Waals surface area contributed by atoms with Crippen LogP contribution in [0.3, 0.4) is 0 Å². The first kappa shape index (κ1) is 40.2. The van der Waals surface area contributed by atoms with E-state index < -0.39 is 24.3 Å². The van der Waals surface area contributed by atoms with E-state index in [1.165, 1.54) is 14.2 Å². The van der Waals surface area contributed by atoms with Crippen LogP contribution in [-0.2, 0) is 19.1 Å². The standard InChI is InChI=1S/C44H51ClN8O6/c1-22(2)33(49-43(56)58-5)41(54)52-19-7-8-32(52)39-47-35(38(45)51-39)25-11-9-24(10-12-25)26-14-17-30-27(20-26)15-18-31-36(30)48-40(46-31)37-28-13-16-29(21-28)53(37)42(55)34(23(3)4)50-44(57)59-6/h9-12,14-15,17-18,20,22-23,28-29,32-34,37H,7-8,13,16,19,21H2,1-6H3,(H,46,48)(H,47,51)(H,49,56)(H,50,57). The van der Waals surface area contributed by atoms with E-state index in [0.717, 1.165) is 76.4 Å². The minimum Gasteiger partial charge on any atom is -0.453 e. The Bertz CT molecular complexity index is 2410. The first-order chi connectivity index (χ1) is 28.4. The molecule has 3 aliphatic rings. The molecule has 2 aromatic heterocycles. The maximum Gasteiger partial charge on any atom is 0.407 e. The van der Waals surface area contributed by atoms with Gasteiger partial charge in [-0.15, -0.1) is 0 Å². The molecule has 0 spiro atoms. The van der Waals surface area contributed by atoms with Crippen LogP contribution in [0.5, 0.6) is 0 Å². The van der Waals surface area contributed by atoms with Gasteiger partial charge in [-0.1, -0.05) is 81.8 Å². The average molecular weight is 823 g/mol. The molecule has 4 N–H and O–H groups in total. The number of rotatable bonds is 10. The Labute approximate surface area is 347 Å². The summed E-state index contributed by atoms with van der Waals surface area (Å²) in [6.07, 6.45) is 3.16. The zero-order valence-corrected chi connectivity index (χ0v) is 34.9. The quantitative estimate of drug-likeness (QED) is 0.110. The van der Waals surface area contributed by atoms with Gasteiger partial charge in [-0.2, -0.15) is 0 Å². The summed E-state index contributed by atoms with van der Waals surface area (Å²) in [6, 6.07) is 16.7. The van der Waals surface area contributed by atoms with Crippen molar-refractivity contribution < 1.29 is 28.7 Å². The van der Waals surface area contributed by atoms with Gasteiger partial charge in [-0.05, 0) is 78.5 Å². The number of ether oxygens (including phenoxy) is 2. The number of carbonyl (C=O) groups is 4. The predicted molar refractivity (Wildman–Crippen MR) is 224 cm³/mol. The maximum atomic E-state index is 14.1. The molecule has 8 rings (SSSR count). The van der Waals surface area contributed by atoms with E-state index in [-0.39, 0.29) is 41.8 Å². The number of fused-ring (bicyclic) bond motifs is 5. The highest BCUT2D eigenvalue weighted by Gasteiger charge is 2.51. The summed E-state index contributed by atoms with van der Waals surface area (Å²) in [4.78, 5) is 72.5. The molecule has 4 amide bonds. The van der Waals surface area contributed by atoms with Crippen molar-refractivity contribution in [2.45, 2.75) is 90.0 Å². The molecular formula is C44H51ClN8O6. The first-order valence-corrected chi connectivity index (χ1v) is 20.8. The highest BCUT2D eigenvalue weighted by atomic mass is 35.5. The van der Waals surface area contributed by atoms with Crippen molar-refractivity contribution in [3.8, 4) is 22.4 Å². The minimum atomic E-state index is -0.726. The Morgan fingerprint density at radius 1 is 0.780 bits per heavy atom. The summed E-state index contributed by atoms with van der Waals surface area (Å²) in [6.45, 7) is 8.18. The van der Waals surface area contributed by atoms with Crippen LogP contribution < -0.4 is 10.6 Å². The van der Waals surface area contributed by atoms with Crippen molar-refractivity contribution in [3.63, 3.8) is 0 Å². The van der Waals surface area contributed by atoms with Crippen molar-refractivity contribution in [2.75, 3.05) is 20.8 Å². The number of nitrogens with zero attached hydrogens (tertiary/aromatic N) is 4. The molecule has 15 heteroatoms. The highest BCUT2D eigenvalue weighted by molar-refractivity contribution is 6.32. The number of H-pyrrole nitrogens is 2. The van der Waals surface area contributed by atoms with E-state index in [4.69, 9.17) is 31.0 Å². The van der Waals surface area contributed by atoms with Gasteiger partial charge in [0.15, 0.2) is 0 Å². The SMILES string of the molecule is COC(=O)NC(C(=O)N1CCCC1c1nc(-c2ccc(-c3ccc4c(ccc5[nH]c(C6C7CCC(C7)N6C(=O)C(NC(=O)OC)C(C)C)nc54)c3)cc2)c(Cl)[nH]1)C(C)C. The molecule has 1 saturated carbocycles. The predicted octanol–water partition coefficient (Wildman–Crippen LogP) is 7.90. The molecule has 3 fully saturated rings. The summed E-state index contributed by atoms with van der Waals surface area (Å²) in [5.41, 5.74) is 5.26. The van der Waals surface area contributed by atoms with Crippen molar-refractivity contribution in [2.24, 2.45) is 17.8 Å². The highest BCUT2D eigenvalue weighted by Crippen LogP contribution is 2.50. The molecule has 2 bridgehead atoms. The average Bonchev–Trinajstić information content (AvgIpc) is 4.09. The number of halogens is 1. The van der Waals surface area contributed by atoms with Crippen molar-refractivity contribution in [3.05, 3.63) is 71.4 Å². The number of methoxy groups -OCH3 is 2. The molecule has 310 valence electrons. The molecule has 4 heterocycles. The van der Waals surface area contributed by atoms with Gasteiger partial charge in [0.1, 0.15) is 34.6 Å².